The summed E-state index contributed by atoms with van der Waals surface area (Å²) in [5.74, 6) is -5.96. The molecule has 2 aliphatic heterocycles. The second-order valence-electron chi connectivity index (χ2n) is 10.5. The molecule has 0 spiro atoms. The van der Waals surface area contributed by atoms with Crippen molar-refractivity contribution in [3.63, 3.8) is 0 Å². The number of carbonyl (C=O) groups excluding carboxylic acids is 7. The van der Waals surface area contributed by atoms with Gasteiger partial charge in [0.25, 0.3) is 0 Å². The van der Waals surface area contributed by atoms with Gasteiger partial charge in [-0.2, -0.15) is 0 Å². The molecule has 45 heavy (non-hydrogen) atoms. The standard InChI is InChI=1S/C28H41NO16/c1-12(30)29-23-20(44-22(11-39-14(3)32)25(41-16(5)34)26(23)42-17(6)35)9-19-21(10-38-13(2)31)45-28(37-8)27(43-18(7)36)24(19)40-15(4)33/h19-28H,9-11H2,1-8H3,(H,29,30)/t19-,20-,21-,22-,23+,24+,25+,26-,27-,28-/m1/s1. The number of ether oxygens (including phenoxy) is 9. The maximum absolute atomic E-state index is 12.4. The molecular weight excluding hydrogens is 606 g/mol. The van der Waals surface area contributed by atoms with Crippen molar-refractivity contribution in [3.05, 3.63) is 0 Å². The molecule has 1 N–H and O–H groups in total. The SMILES string of the molecule is CO[C@@H]1O[C@H](COC(C)=O)[C@@H](C[C@H]2O[C@H](COC(C)=O)[C@H](OC(C)=O)[C@H](OC(C)=O)[C@H]2NC(C)=O)[C@H](OC(C)=O)[C@H]1OC(C)=O. The van der Waals surface area contributed by atoms with Crippen LogP contribution >= 0.6 is 0 Å². The lowest BCUT2D eigenvalue weighted by atomic mass is 9.80. The predicted molar refractivity (Wildman–Crippen MR) is 146 cm³/mol. The van der Waals surface area contributed by atoms with Gasteiger partial charge in [0.15, 0.2) is 24.6 Å². The molecule has 0 unspecified atom stereocenters. The molecule has 0 aromatic carbocycles. The van der Waals surface area contributed by atoms with Crippen LogP contribution in [0.1, 0.15) is 54.9 Å². The lowest BCUT2D eigenvalue weighted by Gasteiger charge is -2.49. The highest BCUT2D eigenvalue weighted by Crippen LogP contribution is 2.38. The minimum Gasteiger partial charge on any atom is -0.463 e. The lowest BCUT2D eigenvalue weighted by Crippen LogP contribution is -2.67. The average molecular weight is 648 g/mol. The van der Waals surface area contributed by atoms with Crippen LogP contribution in [0.3, 0.4) is 0 Å². The first-order valence-corrected chi connectivity index (χ1v) is 14.1. The first kappa shape index (κ1) is 37.4. The van der Waals surface area contributed by atoms with Crippen LogP contribution in [0.4, 0.5) is 0 Å². The molecule has 2 fully saturated rings. The molecule has 2 saturated heterocycles. The van der Waals surface area contributed by atoms with Gasteiger partial charge in [-0.15, -0.1) is 0 Å². The van der Waals surface area contributed by atoms with Gasteiger partial charge in [0.2, 0.25) is 5.91 Å². The van der Waals surface area contributed by atoms with E-state index in [1.807, 2.05) is 0 Å². The Morgan fingerprint density at radius 2 is 1.02 bits per heavy atom. The van der Waals surface area contributed by atoms with E-state index in [9.17, 15) is 33.6 Å². The van der Waals surface area contributed by atoms with Gasteiger partial charge in [-0.25, -0.2) is 0 Å². The Morgan fingerprint density at radius 1 is 0.556 bits per heavy atom. The molecule has 17 nitrogen and oxygen atoms in total. The lowest BCUT2D eigenvalue weighted by molar-refractivity contribution is -0.296. The van der Waals surface area contributed by atoms with Crippen molar-refractivity contribution in [2.75, 3.05) is 20.3 Å². The fourth-order valence-electron chi connectivity index (χ4n) is 5.35. The molecule has 0 saturated carbocycles. The fourth-order valence-corrected chi connectivity index (χ4v) is 5.35. The van der Waals surface area contributed by atoms with Crippen LogP contribution in [0.15, 0.2) is 0 Å². The maximum Gasteiger partial charge on any atom is 0.303 e. The van der Waals surface area contributed by atoms with Gasteiger partial charge in [0, 0.05) is 61.5 Å². The van der Waals surface area contributed by atoms with Crippen molar-refractivity contribution in [3.8, 4) is 0 Å². The predicted octanol–water partition coefficient (Wildman–Crippen LogP) is -0.511. The second kappa shape index (κ2) is 17.0. The van der Waals surface area contributed by atoms with Gasteiger partial charge < -0.3 is 47.9 Å². The first-order valence-electron chi connectivity index (χ1n) is 14.1. The van der Waals surface area contributed by atoms with Crippen molar-refractivity contribution >= 4 is 41.7 Å². The summed E-state index contributed by atoms with van der Waals surface area (Å²) in [6, 6.07) is -1.19. The topological polar surface area (TPSA) is 215 Å². The summed E-state index contributed by atoms with van der Waals surface area (Å²) in [6.07, 6.45) is -10.1. The summed E-state index contributed by atoms with van der Waals surface area (Å²) in [6.45, 7) is 7.20. The highest BCUT2D eigenvalue weighted by Gasteiger charge is 2.55. The van der Waals surface area contributed by atoms with E-state index < -0.39 is 109 Å². The fraction of sp³-hybridized carbons (Fsp3) is 0.750. The molecule has 0 radical (unpaired) electrons. The van der Waals surface area contributed by atoms with Crippen LogP contribution in [-0.4, -0.2) is 117 Å². The minimum absolute atomic E-state index is 0.190. The molecular formula is C28H41NO16. The van der Waals surface area contributed by atoms with Gasteiger partial charge in [0.1, 0.15) is 31.5 Å². The highest BCUT2D eigenvalue weighted by atomic mass is 16.7. The number of carbonyl (C=O) groups is 7. The van der Waals surface area contributed by atoms with Gasteiger partial charge in [-0.05, 0) is 6.42 Å². The number of methoxy groups -OCH3 is 1. The normalized spacial score (nSPS) is 31.0. The zero-order chi connectivity index (χ0) is 34.0. The second-order valence-corrected chi connectivity index (χ2v) is 10.5. The molecule has 0 bridgehead atoms. The first-order chi connectivity index (χ1) is 21.0. The van der Waals surface area contributed by atoms with E-state index in [-0.39, 0.29) is 13.0 Å². The number of hydrogen-bond acceptors (Lipinski definition) is 16. The van der Waals surface area contributed by atoms with Gasteiger partial charge in [0.05, 0.1) is 12.1 Å². The van der Waals surface area contributed by atoms with E-state index >= 15 is 0 Å². The van der Waals surface area contributed by atoms with Crippen LogP contribution in [0.25, 0.3) is 0 Å². The minimum atomic E-state index is -1.35. The Hall–Kier alpha value is -3.83. The zero-order valence-corrected chi connectivity index (χ0v) is 26.4. The Balaban J connectivity index is 2.69. The van der Waals surface area contributed by atoms with Crippen LogP contribution in [-0.2, 0) is 76.2 Å². The number of hydrogen-bond donors (Lipinski definition) is 1. The molecule has 2 rings (SSSR count). The molecule has 254 valence electrons. The Bertz CT molecular complexity index is 1110. The van der Waals surface area contributed by atoms with Crippen molar-refractivity contribution in [1.82, 2.24) is 5.32 Å². The molecule has 2 aliphatic rings. The molecule has 10 atom stereocenters. The van der Waals surface area contributed by atoms with Crippen LogP contribution in [0.5, 0.6) is 0 Å². The number of esters is 6. The Labute approximate surface area is 259 Å². The van der Waals surface area contributed by atoms with E-state index in [0.717, 1.165) is 34.6 Å². The summed E-state index contributed by atoms with van der Waals surface area (Å²) >= 11 is 0. The smallest absolute Gasteiger partial charge is 0.303 e. The van der Waals surface area contributed by atoms with Crippen molar-refractivity contribution < 1.29 is 76.2 Å². The summed E-state index contributed by atoms with van der Waals surface area (Å²) < 4.78 is 50.1. The number of amides is 1. The van der Waals surface area contributed by atoms with E-state index in [4.69, 9.17) is 42.6 Å². The zero-order valence-electron chi connectivity index (χ0n) is 26.4. The molecule has 0 aromatic heterocycles. The summed E-state index contributed by atoms with van der Waals surface area (Å²) in [7, 11) is 1.27. The molecule has 17 heteroatoms. The molecule has 0 aromatic rings. The van der Waals surface area contributed by atoms with E-state index in [1.54, 1.807) is 0 Å². The summed E-state index contributed by atoms with van der Waals surface area (Å²) in [4.78, 5) is 84.5. The van der Waals surface area contributed by atoms with Crippen LogP contribution < -0.4 is 5.32 Å². The van der Waals surface area contributed by atoms with E-state index in [1.165, 1.54) is 21.0 Å². The number of nitrogens with one attached hydrogen (secondary N) is 1. The summed E-state index contributed by atoms with van der Waals surface area (Å²) in [5, 5.41) is 2.67. The van der Waals surface area contributed by atoms with Crippen LogP contribution in [0, 0.1) is 5.92 Å². The highest BCUT2D eigenvalue weighted by molar-refractivity contribution is 5.74. The van der Waals surface area contributed by atoms with Gasteiger partial charge >= 0.3 is 35.8 Å². The monoisotopic (exact) mass is 647 g/mol. The van der Waals surface area contributed by atoms with Gasteiger partial charge in [-0.3, -0.25) is 33.6 Å². The third kappa shape index (κ3) is 11.2. The third-order valence-electron chi connectivity index (χ3n) is 6.81. The number of rotatable bonds is 12. The quantitative estimate of drug-likeness (QED) is 0.208. The van der Waals surface area contributed by atoms with Crippen molar-refractivity contribution in [2.45, 2.75) is 110 Å². The van der Waals surface area contributed by atoms with E-state index in [0.29, 0.717) is 0 Å². The average Bonchev–Trinajstić information content (AvgIpc) is 2.90. The summed E-state index contributed by atoms with van der Waals surface area (Å²) in [5.41, 5.74) is 0. The molecule has 2 heterocycles. The largest absolute Gasteiger partial charge is 0.463 e. The maximum atomic E-state index is 12.4. The molecule has 0 aliphatic carbocycles. The van der Waals surface area contributed by atoms with Crippen LogP contribution in [0.2, 0.25) is 0 Å². The van der Waals surface area contributed by atoms with Crippen molar-refractivity contribution in [2.24, 2.45) is 5.92 Å². The molecule has 1 amide bonds. The van der Waals surface area contributed by atoms with E-state index in [2.05, 4.69) is 5.32 Å². The Kier molecular flexibility index (Phi) is 14.1. The third-order valence-corrected chi connectivity index (χ3v) is 6.81. The van der Waals surface area contributed by atoms with Crippen molar-refractivity contribution in [1.29, 1.82) is 0 Å². The Morgan fingerprint density at radius 3 is 1.49 bits per heavy atom. The van der Waals surface area contributed by atoms with Gasteiger partial charge in [-0.1, -0.05) is 0 Å².